The standard InChI is InChI=1S/C12H10ClN3/c13-11-8-4-3-6-9(8)15-12(16-11)10-5-1-2-7-14-10/h1-2,5,7H,3-4,6H2. The molecule has 2 aromatic rings. The van der Waals surface area contributed by atoms with E-state index in [1.165, 1.54) is 0 Å². The van der Waals surface area contributed by atoms with Gasteiger partial charge in [0, 0.05) is 17.5 Å². The van der Waals surface area contributed by atoms with Crippen LogP contribution in [-0.4, -0.2) is 15.0 Å². The molecule has 2 aromatic heterocycles. The Labute approximate surface area is 98.5 Å². The van der Waals surface area contributed by atoms with E-state index in [-0.39, 0.29) is 0 Å². The number of hydrogen-bond acceptors (Lipinski definition) is 3. The first kappa shape index (κ1) is 9.73. The quantitative estimate of drug-likeness (QED) is 0.709. The molecular formula is C12H10ClN3. The van der Waals surface area contributed by atoms with E-state index in [1.54, 1.807) is 6.20 Å². The van der Waals surface area contributed by atoms with E-state index < -0.39 is 0 Å². The molecule has 0 atom stereocenters. The number of rotatable bonds is 1. The third-order valence-corrected chi connectivity index (χ3v) is 3.09. The fourth-order valence-corrected chi connectivity index (χ4v) is 2.28. The van der Waals surface area contributed by atoms with Crippen molar-refractivity contribution in [3.8, 4) is 11.5 Å². The second-order valence-corrected chi connectivity index (χ2v) is 4.19. The lowest BCUT2D eigenvalue weighted by Gasteiger charge is -2.04. The molecule has 0 unspecified atom stereocenters. The van der Waals surface area contributed by atoms with Crippen molar-refractivity contribution in [1.82, 2.24) is 15.0 Å². The van der Waals surface area contributed by atoms with Gasteiger partial charge in [-0.2, -0.15) is 0 Å². The van der Waals surface area contributed by atoms with E-state index in [9.17, 15) is 0 Å². The Balaban J connectivity index is 2.13. The summed E-state index contributed by atoms with van der Waals surface area (Å²) in [4.78, 5) is 13.1. The lowest BCUT2D eigenvalue weighted by atomic mass is 10.2. The van der Waals surface area contributed by atoms with E-state index in [0.29, 0.717) is 11.0 Å². The minimum absolute atomic E-state index is 0.586. The predicted molar refractivity (Wildman–Crippen MR) is 62.3 cm³/mol. The molecule has 0 amide bonds. The molecule has 80 valence electrons. The molecule has 0 radical (unpaired) electrons. The van der Waals surface area contributed by atoms with Crippen LogP contribution >= 0.6 is 11.6 Å². The van der Waals surface area contributed by atoms with Crippen LogP contribution in [0.15, 0.2) is 24.4 Å². The molecule has 3 nitrogen and oxygen atoms in total. The SMILES string of the molecule is Clc1nc(-c2ccccn2)nc2c1CCC2. The topological polar surface area (TPSA) is 38.7 Å². The van der Waals surface area contributed by atoms with Gasteiger partial charge in [-0.05, 0) is 31.4 Å². The molecule has 4 heteroatoms. The number of hydrogen-bond donors (Lipinski definition) is 0. The second-order valence-electron chi connectivity index (χ2n) is 3.83. The number of nitrogens with zero attached hydrogens (tertiary/aromatic N) is 3. The molecular weight excluding hydrogens is 222 g/mol. The van der Waals surface area contributed by atoms with Crippen LogP contribution in [-0.2, 0) is 12.8 Å². The van der Waals surface area contributed by atoms with Crippen molar-refractivity contribution >= 4 is 11.6 Å². The van der Waals surface area contributed by atoms with Gasteiger partial charge in [-0.15, -0.1) is 0 Å². The van der Waals surface area contributed by atoms with Crippen molar-refractivity contribution in [3.05, 3.63) is 40.8 Å². The number of fused-ring (bicyclic) bond motifs is 1. The highest BCUT2D eigenvalue weighted by Gasteiger charge is 2.18. The van der Waals surface area contributed by atoms with Crippen LogP contribution in [0.3, 0.4) is 0 Å². The Bertz CT molecular complexity index is 525. The van der Waals surface area contributed by atoms with Gasteiger partial charge in [0.15, 0.2) is 5.82 Å². The molecule has 0 aliphatic heterocycles. The van der Waals surface area contributed by atoms with Gasteiger partial charge in [0.1, 0.15) is 10.8 Å². The Kier molecular flexibility index (Phi) is 2.33. The van der Waals surface area contributed by atoms with Gasteiger partial charge >= 0.3 is 0 Å². The van der Waals surface area contributed by atoms with Crippen molar-refractivity contribution in [2.75, 3.05) is 0 Å². The Morgan fingerprint density at radius 3 is 2.88 bits per heavy atom. The first-order chi connectivity index (χ1) is 7.84. The summed E-state index contributed by atoms with van der Waals surface area (Å²) in [6.07, 6.45) is 4.85. The average Bonchev–Trinajstić information content (AvgIpc) is 2.79. The maximum atomic E-state index is 6.15. The summed E-state index contributed by atoms with van der Waals surface area (Å²) in [5.74, 6) is 0.631. The van der Waals surface area contributed by atoms with E-state index in [1.807, 2.05) is 18.2 Å². The first-order valence-corrected chi connectivity index (χ1v) is 5.69. The number of pyridine rings is 1. The summed E-state index contributed by atoms with van der Waals surface area (Å²) >= 11 is 6.15. The van der Waals surface area contributed by atoms with Gasteiger partial charge < -0.3 is 0 Å². The summed E-state index contributed by atoms with van der Waals surface area (Å²) in [7, 11) is 0. The molecule has 1 aliphatic carbocycles. The van der Waals surface area contributed by atoms with E-state index in [4.69, 9.17) is 11.6 Å². The predicted octanol–water partition coefficient (Wildman–Crippen LogP) is 2.68. The minimum Gasteiger partial charge on any atom is -0.253 e. The Morgan fingerprint density at radius 2 is 2.06 bits per heavy atom. The number of halogens is 1. The van der Waals surface area contributed by atoms with Crippen LogP contribution < -0.4 is 0 Å². The van der Waals surface area contributed by atoms with Crippen molar-refractivity contribution in [2.45, 2.75) is 19.3 Å². The Morgan fingerprint density at radius 1 is 1.12 bits per heavy atom. The molecule has 0 N–H and O–H groups in total. The smallest absolute Gasteiger partial charge is 0.179 e. The van der Waals surface area contributed by atoms with Gasteiger partial charge in [0.05, 0.1) is 0 Å². The molecule has 0 spiro atoms. The third kappa shape index (κ3) is 1.57. The van der Waals surface area contributed by atoms with Crippen LogP contribution in [0.1, 0.15) is 17.7 Å². The fraction of sp³-hybridized carbons (Fsp3) is 0.250. The second kappa shape index (κ2) is 3.83. The molecule has 3 rings (SSSR count). The number of aromatic nitrogens is 3. The summed E-state index contributed by atoms with van der Waals surface area (Å²) in [6, 6.07) is 5.69. The van der Waals surface area contributed by atoms with Crippen LogP contribution in [0.2, 0.25) is 5.15 Å². The van der Waals surface area contributed by atoms with E-state index in [0.717, 1.165) is 36.2 Å². The summed E-state index contributed by atoms with van der Waals surface area (Å²) in [5, 5.41) is 0.586. The highest BCUT2D eigenvalue weighted by Crippen LogP contribution is 2.28. The molecule has 0 bridgehead atoms. The fourth-order valence-electron chi connectivity index (χ4n) is 2.00. The molecule has 0 aromatic carbocycles. The molecule has 0 saturated heterocycles. The molecule has 16 heavy (non-hydrogen) atoms. The van der Waals surface area contributed by atoms with Crippen LogP contribution in [0.5, 0.6) is 0 Å². The highest BCUT2D eigenvalue weighted by molar-refractivity contribution is 6.30. The summed E-state index contributed by atoms with van der Waals surface area (Å²) in [5.41, 5.74) is 2.97. The Hall–Kier alpha value is -1.48. The molecule has 0 saturated carbocycles. The summed E-state index contributed by atoms with van der Waals surface area (Å²) < 4.78 is 0. The zero-order valence-electron chi connectivity index (χ0n) is 8.65. The van der Waals surface area contributed by atoms with E-state index >= 15 is 0 Å². The molecule has 2 heterocycles. The highest BCUT2D eigenvalue weighted by atomic mass is 35.5. The van der Waals surface area contributed by atoms with Gasteiger partial charge in [-0.3, -0.25) is 4.98 Å². The van der Waals surface area contributed by atoms with Crippen LogP contribution in [0.25, 0.3) is 11.5 Å². The maximum absolute atomic E-state index is 6.15. The van der Waals surface area contributed by atoms with Gasteiger partial charge in [-0.25, -0.2) is 9.97 Å². The maximum Gasteiger partial charge on any atom is 0.179 e. The van der Waals surface area contributed by atoms with Crippen molar-refractivity contribution < 1.29 is 0 Å². The number of aryl methyl sites for hydroxylation is 1. The normalized spacial score (nSPS) is 13.8. The van der Waals surface area contributed by atoms with Crippen molar-refractivity contribution in [1.29, 1.82) is 0 Å². The van der Waals surface area contributed by atoms with Gasteiger partial charge in [0.25, 0.3) is 0 Å². The minimum atomic E-state index is 0.586. The van der Waals surface area contributed by atoms with Crippen molar-refractivity contribution in [2.24, 2.45) is 0 Å². The zero-order valence-corrected chi connectivity index (χ0v) is 9.41. The monoisotopic (exact) mass is 231 g/mol. The van der Waals surface area contributed by atoms with Crippen LogP contribution in [0, 0.1) is 0 Å². The summed E-state index contributed by atoms with van der Waals surface area (Å²) in [6.45, 7) is 0. The van der Waals surface area contributed by atoms with Gasteiger partial charge in [-0.1, -0.05) is 17.7 Å². The third-order valence-electron chi connectivity index (χ3n) is 2.78. The van der Waals surface area contributed by atoms with Crippen molar-refractivity contribution in [3.63, 3.8) is 0 Å². The average molecular weight is 232 g/mol. The molecule has 0 fully saturated rings. The van der Waals surface area contributed by atoms with Crippen LogP contribution in [0.4, 0.5) is 0 Å². The van der Waals surface area contributed by atoms with E-state index in [2.05, 4.69) is 15.0 Å². The lowest BCUT2D eigenvalue weighted by molar-refractivity contribution is 0.899. The first-order valence-electron chi connectivity index (χ1n) is 5.31. The largest absolute Gasteiger partial charge is 0.253 e. The zero-order chi connectivity index (χ0) is 11.0. The lowest BCUT2D eigenvalue weighted by Crippen LogP contribution is -1.98. The molecule has 1 aliphatic rings. The van der Waals surface area contributed by atoms with Gasteiger partial charge in [0.2, 0.25) is 0 Å².